The molecule has 0 saturated carbocycles. The predicted molar refractivity (Wildman–Crippen MR) is 88.5 cm³/mol. The third kappa shape index (κ3) is 3.96. The summed E-state index contributed by atoms with van der Waals surface area (Å²) < 4.78 is 28.6. The molecule has 114 valence electrons. The molecule has 1 heterocycles. The number of rotatable bonds is 5. The molecule has 0 aliphatic carbocycles. The molecule has 0 amide bonds. The number of benzene rings is 1. The first-order valence-electron chi connectivity index (χ1n) is 6.26. The molecule has 1 atom stereocenters. The van der Waals surface area contributed by atoms with E-state index in [2.05, 4.69) is 21.2 Å². The largest absolute Gasteiger partial charge is 0.306 e. The molecule has 1 unspecified atom stereocenters. The van der Waals surface area contributed by atoms with Gasteiger partial charge >= 0.3 is 0 Å². The maximum atomic E-state index is 14.2. The minimum absolute atomic E-state index is 0.218. The topological polar surface area (TPSA) is 12.0 Å². The highest BCUT2D eigenvalue weighted by atomic mass is 79.9. The molecule has 0 bridgehead atoms. The van der Waals surface area contributed by atoms with E-state index in [1.54, 1.807) is 6.07 Å². The fraction of sp³-hybridized carbons (Fsp3) is 0.286. The summed E-state index contributed by atoms with van der Waals surface area (Å²) in [5, 5.41) is 3.53. The van der Waals surface area contributed by atoms with Gasteiger partial charge in [0.25, 0.3) is 0 Å². The Balaban J connectivity index is 2.47. The van der Waals surface area contributed by atoms with Gasteiger partial charge < -0.3 is 5.32 Å². The van der Waals surface area contributed by atoms with Crippen LogP contribution in [0.25, 0.3) is 0 Å². The van der Waals surface area contributed by atoms with Crippen molar-refractivity contribution >= 4 is 50.5 Å². The first kappa shape index (κ1) is 17.2. The van der Waals surface area contributed by atoms with Crippen molar-refractivity contribution < 1.29 is 8.78 Å². The molecule has 0 aliphatic rings. The minimum Gasteiger partial charge on any atom is -0.306 e. The standard InChI is InChI=1S/C14H12BrCl2F2NS/c1-2-3-20-13(12-6-9(17)14(15)21-12)7-4-11(19)8(16)5-10(7)18/h4-6,13,20H,2-3H2,1H3. The van der Waals surface area contributed by atoms with E-state index in [1.807, 2.05) is 6.92 Å². The Morgan fingerprint density at radius 2 is 1.90 bits per heavy atom. The van der Waals surface area contributed by atoms with E-state index in [-0.39, 0.29) is 10.6 Å². The van der Waals surface area contributed by atoms with Gasteiger partial charge in [-0.1, -0.05) is 30.1 Å². The SMILES string of the molecule is CCCNC(c1cc(Cl)c(Br)s1)c1cc(F)c(Cl)cc1F. The Morgan fingerprint density at radius 1 is 1.19 bits per heavy atom. The van der Waals surface area contributed by atoms with Crippen LogP contribution in [-0.2, 0) is 0 Å². The van der Waals surface area contributed by atoms with Crippen LogP contribution >= 0.6 is 50.5 Å². The van der Waals surface area contributed by atoms with Gasteiger partial charge in [-0.25, -0.2) is 8.78 Å². The molecule has 2 aromatic rings. The highest BCUT2D eigenvalue weighted by molar-refractivity contribution is 9.11. The van der Waals surface area contributed by atoms with Crippen molar-refractivity contribution in [3.63, 3.8) is 0 Å². The van der Waals surface area contributed by atoms with Crippen LogP contribution in [0.3, 0.4) is 0 Å². The first-order chi connectivity index (χ1) is 9.93. The Morgan fingerprint density at radius 3 is 2.48 bits per heavy atom. The highest BCUT2D eigenvalue weighted by Crippen LogP contribution is 2.38. The summed E-state index contributed by atoms with van der Waals surface area (Å²) in [5.74, 6) is -1.19. The quantitative estimate of drug-likeness (QED) is 0.575. The molecule has 1 nitrogen and oxygen atoms in total. The maximum absolute atomic E-state index is 14.2. The Bertz CT molecular complexity index is 629. The third-order valence-corrected chi connectivity index (χ3v) is 5.73. The van der Waals surface area contributed by atoms with Crippen molar-refractivity contribution in [2.45, 2.75) is 19.4 Å². The number of thiophene rings is 1. The summed E-state index contributed by atoms with van der Waals surface area (Å²) in [6, 6.07) is 3.41. The fourth-order valence-electron chi connectivity index (χ4n) is 1.92. The van der Waals surface area contributed by atoms with Gasteiger partial charge in [0.1, 0.15) is 11.6 Å². The second-order valence-corrected chi connectivity index (χ2v) is 7.66. The zero-order valence-corrected chi connectivity index (χ0v) is 14.9. The van der Waals surface area contributed by atoms with Crippen LogP contribution in [0.2, 0.25) is 10.0 Å². The number of hydrogen-bond donors (Lipinski definition) is 1. The van der Waals surface area contributed by atoms with E-state index in [0.717, 1.165) is 27.2 Å². The lowest BCUT2D eigenvalue weighted by Crippen LogP contribution is -2.23. The van der Waals surface area contributed by atoms with Gasteiger partial charge in [0, 0.05) is 10.4 Å². The van der Waals surface area contributed by atoms with Crippen LogP contribution in [0.15, 0.2) is 22.0 Å². The summed E-state index contributed by atoms with van der Waals surface area (Å²) in [4.78, 5) is 0.806. The van der Waals surface area contributed by atoms with Gasteiger partial charge in [-0.3, -0.25) is 0 Å². The second kappa shape index (κ2) is 7.38. The van der Waals surface area contributed by atoms with Crippen LogP contribution in [0, 0.1) is 11.6 Å². The van der Waals surface area contributed by atoms with Crippen LogP contribution in [0.1, 0.15) is 29.8 Å². The molecular weight excluding hydrogens is 403 g/mol. The Kier molecular flexibility index (Phi) is 6.03. The zero-order valence-electron chi connectivity index (χ0n) is 11.0. The minimum atomic E-state index is -0.641. The average Bonchev–Trinajstić information content (AvgIpc) is 2.75. The van der Waals surface area contributed by atoms with E-state index >= 15 is 0 Å². The van der Waals surface area contributed by atoms with E-state index in [0.29, 0.717) is 11.6 Å². The third-order valence-electron chi connectivity index (χ3n) is 2.90. The van der Waals surface area contributed by atoms with Crippen LogP contribution < -0.4 is 5.32 Å². The van der Waals surface area contributed by atoms with Gasteiger partial charge in [-0.05, 0) is 47.1 Å². The molecule has 21 heavy (non-hydrogen) atoms. The van der Waals surface area contributed by atoms with E-state index in [1.165, 1.54) is 11.3 Å². The van der Waals surface area contributed by atoms with Crippen molar-refractivity contribution in [3.05, 3.63) is 54.1 Å². The van der Waals surface area contributed by atoms with Gasteiger partial charge in [0.05, 0.1) is 19.9 Å². The smallest absolute Gasteiger partial charge is 0.142 e. The summed E-state index contributed by atoms with van der Waals surface area (Å²) in [7, 11) is 0. The Labute approximate surface area is 144 Å². The van der Waals surface area contributed by atoms with Gasteiger partial charge in [0.15, 0.2) is 0 Å². The van der Waals surface area contributed by atoms with Crippen LogP contribution in [-0.4, -0.2) is 6.54 Å². The van der Waals surface area contributed by atoms with Gasteiger partial charge in [-0.15, -0.1) is 11.3 Å². The molecule has 1 aromatic heterocycles. The first-order valence-corrected chi connectivity index (χ1v) is 8.63. The zero-order chi connectivity index (χ0) is 15.6. The molecule has 0 spiro atoms. The van der Waals surface area contributed by atoms with Crippen molar-refractivity contribution in [2.24, 2.45) is 0 Å². The summed E-state index contributed by atoms with van der Waals surface area (Å²) in [6.45, 7) is 2.67. The normalized spacial score (nSPS) is 12.7. The fourth-order valence-corrected chi connectivity index (χ4v) is 3.91. The monoisotopic (exact) mass is 413 g/mol. The molecule has 7 heteroatoms. The van der Waals surface area contributed by atoms with Crippen LogP contribution in [0.5, 0.6) is 0 Å². The summed E-state index contributed by atoms with van der Waals surface area (Å²) >= 11 is 16.4. The predicted octanol–water partition coefficient (Wildman–Crippen LogP) is 6.18. The lowest BCUT2D eigenvalue weighted by atomic mass is 10.0. The van der Waals surface area contributed by atoms with Crippen LogP contribution in [0.4, 0.5) is 8.78 Å². The molecule has 1 aromatic carbocycles. The lowest BCUT2D eigenvalue weighted by molar-refractivity contribution is 0.539. The van der Waals surface area contributed by atoms with Crippen molar-refractivity contribution in [2.75, 3.05) is 6.54 Å². The average molecular weight is 415 g/mol. The molecule has 1 N–H and O–H groups in total. The van der Waals surface area contributed by atoms with Crippen molar-refractivity contribution in [1.82, 2.24) is 5.32 Å². The summed E-state index contributed by atoms with van der Waals surface area (Å²) in [5.41, 5.74) is 0.218. The Hall–Kier alpha value is -0.200. The van der Waals surface area contributed by atoms with Gasteiger partial charge in [-0.2, -0.15) is 0 Å². The number of nitrogens with one attached hydrogen (secondary N) is 1. The maximum Gasteiger partial charge on any atom is 0.142 e. The summed E-state index contributed by atoms with van der Waals surface area (Å²) in [6.07, 6.45) is 0.870. The number of halogens is 5. The van der Waals surface area contributed by atoms with E-state index in [4.69, 9.17) is 23.2 Å². The molecule has 0 fully saturated rings. The second-order valence-electron chi connectivity index (χ2n) is 4.45. The van der Waals surface area contributed by atoms with Crippen molar-refractivity contribution in [1.29, 1.82) is 0 Å². The number of hydrogen-bond acceptors (Lipinski definition) is 2. The lowest BCUT2D eigenvalue weighted by Gasteiger charge is -2.18. The molecule has 2 rings (SSSR count). The highest BCUT2D eigenvalue weighted by Gasteiger charge is 2.22. The van der Waals surface area contributed by atoms with E-state index in [9.17, 15) is 8.78 Å². The molecular formula is C14H12BrCl2F2NS. The molecule has 0 saturated heterocycles. The van der Waals surface area contributed by atoms with Crippen molar-refractivity contribution in [3.8, 4) is 0 Å². The van der Waals surface area contributed by atoms with E-state index < -0.39 is 17.7 Å². The molecule has 0 radical (unpaired) electrons. The van der Waals surface area contributed by atoms with Gasteiger partial charge in [0.2, 0.25) is 0 Å². The molecule has 0 aliphatic heterocycles.